The summed E-state index contributed by atoms with van der Waals surface area (Å²) in [6.07, 6.45) is 1.79. The van der Waals surface area contributed by atoms with Crippen molar-refractivity contribution in [2.45, 2.75) is 18.3 Å². The van der Waals surface area contributed by atoms with E-state index in [1.54, 1.807) is 12.1 Å². The van der Waals surface area contributed by atoms with Crippen molar-refractivity contribution in [2.75, 3.05) is 21.2 Å². The first-order valence-electron chi connectivity index (χ1n) is 5.82. The SMILES string of the molecule is COc1ccc(C2(C(=O)NN(C)C)CC2)cc1Br. The van der Waals surface area contributed by atoms with Crippen LogP contribution in [0.5, 0.6) is 5.75 Å². The smallest absolute Gasteiger partial charge is 0.244 e. The summed E-state index contributed by atoms with van der Waals surface area (Å²) in [5, 5.41) is 1.68. The van der Waals surface area contributed by atoms with E-state index in [9.17, 15) is 4.79 Å². The first-order chi connectivity index (χ1) is 8.49. The van der Waals surface area contributed by atoms with Crippen LogP contribution in [-0.2, 0) is 10.2 Å². The zero-order valence-corrected chi connectivity index (χ0v) is 12.4. The molecule has 1 saturated carbocycles. The monoisotopic (exact) mass is 312 g/mol. The van der Waals surface area contributed by atoms with Crippen LogP contribution in [0, 0.1) is 0 Å². The van der Waals surface area contributed by atoms with Crippen LogP contribution < -0.4 is 10.2 Å². The van der Waals surface area contributed by atoms with E-state index in [1.165, 1.54) is 0 Å². The molecule has 1 N–H and O–H groups in total. The van der Waals surface area contributed by atoms with Gasteiger partial charge in [0.2, 0.25) is 5.91 Å². The highest BCUT2D eigenvalue weighted by Gasteiger charge is 2.51. The van der Waals surface area contributed by atoms with Gasteiger partial charge in [-0.2, -0.15) is 0 Å². The Balaban J connectivity index is 2.25. The second-order valence-corrected chi connectivity index (χ2v) is 5.62. The van der Waals surface area contributed by atoms with Gasteiger partial charge in [-0.1, -0.05) is 6.07 Å². The number of ether oxygens (including phenoxy) is 1. The molecule has 1 aromatic carbocycles. The molecule has 5 heteroatoms. The van der Waals surface area contributed by atoms with Crippen LogP contribution in [0.3, 0.4) is 0 Å². The Kier molecular flexibility index (Phi) is 3.64. The highest BCUT2D eigenvalue weighted by molar-refractivity contribution is 9.10. The molecule has 1 aliphatic carbocycles. The number of rotatable bonds is 4. The number of benzene rings is 1. The fourth-order valence-electron chi connectivity index (χ4n) is 2.05. The Bertz CT molecular complexity index is 470. The highest BCUT2D eigenvalue weighted by Crippen LogP contribution is 2.49. The lowest BCUT2D eigenvalue weighted by Crippen LogP contribution is -2.42. The summed E-state index contributed by atoms with van der Waals surface area (Å²) in [6.45, 7) is 0. The lowest BCUT2D eigenvalue weighted by atomic mass is 9.95. The van der Waals surface area contributed by atoms with E-state index in [2.05, 4.69) is 21.4 Å². The summed E-state index contributed by atoms with van der Waals surface area (Å²) in [7, 11) is 5.27. The van der Waals surface area contributed by atoms with Crippen molar-refractivity contribution in [3.8, 4) is 5.75 Å². The highest BCUT2D eigenvalue weighted by atomic mass is 79.9. The Morgan fingerprint density at radius 3 is 2.56 bits per heavy atom. The molecule has 0 saturated heterocycles. The topological polar surface area (TPSA) is 41.6 Å². The summed E-state index contributed by atoms with van der Waals surface area (Å²) in [6, 6.07) is 5.83. The molecule has 98 valence electrons. The van der Waals surface area contributed by atoms with Crippen LogP contribution in [0.15, 0.2) is 22.7 Å². The molecule has 1 amide bonds. The first-order valence-corrected chi connectivity index (χ1v) is 6.61. The summed E-state index contributed by atoms with van der Waals surface area (Å²) in [5.41, 5.74) is 3.51. The fraction of sp³-hybridized carbons (Fsp3) is 0.462. The van der Waals surface area contributed by atoms with Gasteiger partial charge in [-0.25, -0.2) is 5.01 Å². The van der Waals surface area contributed by atoms with E-state index in [-0.39, 0.29) is 11.3 Å². The molecule has 0 radical (unpaired) electrons. The van der Waals surface area contributed by atoms with Crippen LogP contribution in [0.4, 0.5) is 0 Å². The molecule has 0 aliphatic heterocycles. The number of halogens is 1. The maximum Gasteiger partial charge on any atom is 0.244 e. The zero-order valence-electron chi connectivity index (χ0n) is 10.8. The van der Waals surface area contributed by atoms with Crippen molar-refractivity contribution >= 4 is 21.8 Å². The Hall–Kier alpha value is -1.07. The van der Waals surface area contributed by atoms with Gasteiger partial charge in [0.25, 0.3) is 0 Å². The van der Waals surface area contributed by atoms with E-state index in [4.69, 9.17) is 4.74 Å². The third-order valence-electron chi connectivity index (χ3n) is 3.21. The van der Waals surface area contributed by atoms with Crippen LogP contribution in [0.1, 0.15) is 18.4 Å². The largest absolute Gasteiger partial charge is 0.496 e. The van der Waals surface area contributed by atoms with Gasteiger partial charge in [-0.15, -0.1) is 0 Å². The maximum absolute atomic E-state index is 12.2. The third kappa shape index (κ3) is 2.37. The van der Waals surface area contributed by atoms with Crippen molar-refractivity contribution in [2.24, 2.45) is 0 Å². The number of hydrogen-bond donors (Lipinski definition) is 1. The summed E-state index contributed by atoms with van der Waals surface area (Å²) in [5.74, 6) is 0.840. The molecule has 0 bridgehead atoms. The maximum atomic E-state index is 12.2. The molecular formula is C13H17BrN2O2. The lowest BCUT2D eigenvalue weighted by Gasteiger charge is -2.20. The van der Waals surface area contributed by atoms with Crippen molar-refractivity contribution in [1.82, 2.24) is 10.4 Å². The molecule has 4 nitrogen and oxygen atoms in total. The molecule has 1 fully saturated rings. The number of nitrogens with one attached hydrogen (secondary N) is 1. The number of amides is 1. The second-order valence-electron chi connectivity index (χ2n) is 4.77. The molecule has 0 aromatic heterocycles. The molecule has 0 atom stereocenters. The minimum absolute atomic E-state index is 0.0598. The summed E-state index contributed by atoms with van der Waals surface area (Å²) >= 11 is 3.46. The van der Waals surface area contributed by atoms with E-state index in [1.807, 2.05) is 32.3 Å². The van der Waals surface area contributed by atoms with Gasteiger partial charge in [0, 0.05) is 14.1 Å². The zero-order chi connectivity index (χ0) is 13.3. The number of carbonyl (C=O) groups is 1. The molecule has 2 rings (SSSR count). The average molecular weight is 313 g/mol. The average Bonchev–Trinajstić information content (AvgIpc) is 3.09. The molecule has 18 heavy (non-hydrogen) atoms. The number of methoxy groups -OCH3 is 1. The van der Waals surface area contributed by atoms with Crippen molar-refractivity contribution < 1.29 is 9.53 Å². The summed E-state index contributed by atoms with van der Waals surface area (Å²) in [4.78, 5) is 12.2. The van der Waals surface area contributed by atoms with E-state index >= 15 is 0 Å². The molecule has 1 aliphatic rings. The van der Waals surface area contributed by atoms with Gasteiger partial charge in [-0.3, -0.25) is 10.2 Å². The van der Waals surface area contributed by atoms with Crippen molar-refractivity contribution in [3.63, 3.8) is 0 Å². The Morgan fingerprint density at radius 2 is 2.11 bits per heavy atom. The second kappa shape index (κ2) is 4.90. The first kappa shape index (κ1) is 13.4. The third-order valence-corrected chi connectivity index (χ3v) is 3.83. The van der Waals surface area contributed by atoms with E-state index in [0.29, 0.717) is 0 Å². The Labute approximate surface area is 115 Å². The lowest BCUT2D eigenvalue weighted by molar-refractivity contribution is -0.127. The van der Waals surface area contributed by atoms with Crippen LogP contribution in [-0.4, -0.2) is 32.1 Å². The quantitative estimate of drug-likeness (QED) is 0.866. The summed E-state index contributed by atoms with van der Waals surface area (Å²) < 4.78 is 6.08. The molecule has 1 aromatic rings. The van der Waals surface area contributed by atoms with Crippen LogP contribution in [0.2, 0.25) is 0 Å². The van der Waals surface area contributed by atoms with Crippen molar-refractivity contribution in [1.29, 1.82) is 0 Å². The van der Waals surface area contributed by atoms with Gasteiger partial charge < -0.3 is 4.74 Å². The number of carbonyl (C=O) groups excluding carboxylic acids is 1. The number of nitrogens with zero attached hydrogens (tertiary/aromatic N) is 1. The standard InChI is InChI=1S/C13H17BrN2O2/c1-16(2)15-12(17)13(6-7-13)9-4-5-11(18-3)10(14)8-9/h4-5,8H,6-7H2,1-3H3,(H,15,17). The predicted molar refractivity (Wildman–Crippen MR) is 73.4 cm³/mol. The minimum Gasteiger partial charge on any atom is -0.496 e. The van der Waals surface area contributed by atoms with Crippen molar-refractivity contribution in [3.05, 3.63) is 28.2 Å². The van der Waals surface area contributed by atoms with Crippen LogP contribution in [0.25, 0.3) is 0 Å². The fourth-order valence-corrected chi connectivity index (χ4v) is 2.59. The van der Waals surface area contributed by atoms with E-state index in [0.717, 1.165) is 28.6 Å². The molecular weight excluding hydrogens is 296 g/mol. The van der Waals surface area contributed by atoms with Gasteiger partial charge >= 0.3 is 0 Å². The van der Waals surface area contributed by atoms with E-state index < -0.39 is 0 Å². The normalized spacial score (nSPS) is 16.5. The Morgan fingerprint density at radius 1 is 1.44 bits per heavy atom. The van der Waals surface area contributed by atoms with Crippen LogP contribution >= 0.6 is 15.9 Å². The van der Waals surface area contributed by atoms with Gasteiger partial charge in [0.15, 0.2) is 0 Å². The van der Waals surface area contributed by atoms with Gasteiger partial charge in [-0.05, 0) is 46.5 Å². The van der Waals surface area contributed by atoms with Gasteiger partial charge in [0.1, 0.15) is 5.75 Å². The minimum atomic E-state index is -0.362. The van der Waals surface area contributed by atoms with Gasteiger partial charge in [0.05, 0.1) is 17.0 Å². The number of hydrogen-bond acceptors (Lipinski definition) is 3. The molecule has 0 spiro atoms. The predicted octanol–water partition coefficient (Wildman–Crippen LogP) is 2.08. The molecule has 0 heterocycles. The number of hydrazine groups is 1. The molecule has 0 unspecified atom stereocenters.